The predicted molar refractivity (Wildman–Crippen MR) is 57.2 cm³/mol. The van der Waals surface area contributed by atoms with Gasteiger partial charge in [-0.3, -0.25) is 0 Å². The lowest BCUT2D eigenvalue weighted by Crippen LogP contribution is -2.16. The van der Waals surface area contributed by atoms with Gasteiger partial charge in [-0.15, -0.1) is 11.3 Å². The Morgan fingerprint density at radius 2 is 2.29 bits per heavy atom. The normalized spacial score (nSPS) is 18.3. The Morgan fingerprint density at radius 3 is 2.93 bits per heavy atom. The lowest BCUT2D eigenvalue weighted by Gasteiger charge is -2.11. The maximum absolute atomic E-state index is 6.06. The van der Waals surface area contributed by atoms with Crippen LogP contribution in [-0.4, -0.2) is 11.6 Å². The molecule has 1 unspecified atom stereocenters. The molecule has 0 aromatic carbocycles. The van der Waals surface area contributed by atoms with E-state index in [0.29, 0.717) is 5.92 Å². The summed E-state index contributed by atoms with van der Waals surface area (Å²) in [6, 6.07) is 0.0746. The van der Waals surface area contributed by atoms with Crippen LogP contribution in [0.25, 0.3) is 0 Å². The number of thiazole rings is 1. The molecule has 78 valence electrons. The maximum Gasteiger partial charge on any atom is 0.110 e. The molecule has 0 aliphatic carbocycles. The van der Waals surface area contributed by atoms with Crippen molar-refractivity contribution in [3.8, 4) is 0 Å². The van der Waals surface area contributed by atoms with Gasteiger partial charge in [0.2, 0.25) is 0 Å². The number of hydrogen-bond donors (Lipinski definition) is 1. The molecular formula is C10H16N2OS. The van der Waals surface area contributed by atoms with E-state index >= 15 is 0 Å². The number of ether oxygens (including phenoxy) is 1. The van der Waals surface area contributed by atoms with Crippen LogP contribution in [0.1, 0.15) is 35.5 Å². The Labute approximate surface area is 88.3 Å². The molecule has 2 rings (SSSR count). The molecule has 0 amide bonds. The van der Waals surface area contributed by atoms with Gasteiger partial charge in [-0.05, 0) is 5.92 Å². The fourth-order valence-corrected chi connectivity index (χ4v) is 2.70. The number of rotatable bonds is 2. The first-order valence-electron chi connectivity index (χ1n) is 5.00. The van der Waals surface area contributed by atoms with E-state index in [0.717, 1.165) is 24.6 Å². The Kier molecular flexibility index (Phi) is 2.85. The predicted octanol–water partition coefficient (Wildman–Crippen LogP) is 1.87. The molecule has 1 aromatic rings. The molecule has 2 N–H and O–H groups in total. The average molecular weight is 212 g/mol. The highest BCUT2D eigenvalue weighted by molar-refractivity contribution is 7.11. The number of fused-ring (bicyclic) bond motifs is 1. The number of aromatic nitrogens is 1. The van der Waals surface area contributed by atoms with Crippen molar-refractivity contribution in [2.45, 2.75) is 32.9 Å². The molecule has 0 saturated heterocycles. The van der Waals surface area contributed by atoms with Crippen molar-refractivity contribution in [3.63, 3.8) is 0 Å². The first-order valence-corrected chi connectivity index (χ1v) is 5.82. The Hall–Kier alpha value is -0.450. The van der Waals surface area contributed by atoms with Crippen molar-refractivity contribution in [2.24, 2.45) is 11.7 Å². The summed E-state index contributed by atoms with van der Waals surface area (Å²) in [5.41, 5.74) is 7.26. The van der Waals surface area contributed by atoms with Gasteiger partial charge >= 0.3 is 0 Å². The zero-order valence-electron chi connectivity index (χ0n) is 8.62. The lowest BCUT2D eigenvalue weighted by molar-refractivity contribution is 0.112. The van der Waals surface area contributed by atoms with Gasteiger partial charge in [-0.25, -0.2) is 4.98 Å². The zero-order chi connectivity index (χ0) is 10.1. The standard InChI is InChI=1S/C10H16N2OS/c1-6(2)9(11)10-12-7-3-4-13-5-8(7)14-10/h6,9H,3-5,11H2,1-2H3. The SMILES string of the molecule is CC(C)C(N)c1nc2c(s1)COCC2. The average Bonchev–Trinajstić information content (AvgIpc) is 2.59. The van der Waals surface area contributed by atoms with Crippen LogP contribution in [0, 0.1) is 5.92 Å². The summed E-state index contributed by atoms with van der Waals surface area (Å²) in [5.74, 6) is 0.448. The molecule has 1 aliphatic rings. The molecule has 0 saturated carbocycles. The molecule has 2 heterocycles. The van der Waals surface area contributed by atoms with Crippen LogP contribution < -0.4 is 5.73 Å². The molecule has 0 bridgehead atoms. The van der Waals surface area contributed by atoms with Crippen molar-refractivity contribution in [3.05, 3.63) is 15.6 Å². The van der Waals surface area contributed by atoms with Gasteiger partial charge in [0.15, 0.2) is 0 Å². The van der Waals surface area contributed by atoms with Crippen LogP contribution in [-0.2, 0) is 17.8 Å². The van der Waals surface area contributed by atoms with E-state index in [-0.39, 0.29) is 6.04 Å². The minimum Gasteiger partial charge on any atom is -0.375 e. The topological polar surface area (TPSA) is 48.1 Å². The maximum atomic E-state index is 6.06. The molecule has 1 atom stereocenters. The van der Waals surface area contributed by atoms with Crippen molar-refractivity contribution in [1.29, 1.82) is 0 Å². The van der Waals surface area contributed by atoms with Crippen molar-refractivity contribution >= 4 is 11.3 Å². The first kappa shape index (κ1) is 10.1. The minimum absolute atomic E-state index is 0.0746. The zero-order valence-corrected chi connectivity index (χ0v) is 9.43. The Morgan fingerprint density at radius 1 is 1.50 bits per heavy atom. The number of nitrogens with zero attached hydrogens (tertiary/aromatic N) is 1. The van der Waals surface area contributed by atoms with Crippen LogP contribution in [0.15, 0.2) is 0 Å². The monoisotopic (exact) mass is 212 g/mol. The molecule has 3 nitrogen and oxygen atoms in total. The van der Waals surface area contributed by atoms with Gasteiger partial charge in [-0.2, -0.15) is 0 Å². The second-order valence-corrected chi connectivity index (χ2v) is 5.11. The Bertz CT molecular complexity index is 298. The lowest BCUT2D eigenvalue weighted by atomic mass is 10.1. The number of nitrogens with two attached hydrogens (primary N) is 1. The molecule has 0 fully saturated rings. The highest BCUT2D eigenvalue weighted by atomic mass is 32.1. The fourth-order valence-electron chi connectivity index (χ4n) is 1.47. The summed E-state index contributed by atoms with van der Waals surface area (Å²) < 4.78 is 5.38. The van der Waals surface area contributed by atoms with Crippen molar-refractivity contribution < 1.29 is 4.74 Å². The third kappa shape index (κ3) is 1.82. The van der Waals surface area contributed by atoms with E-state index < -0.39 is 0 Å². The molecule has 1 aromatic heterocycles. The van der Waals surface area contributed by atoms with Crippen LogP contribution in [0.3, 0.4) is 0 Å². The van der Waals surface area contributed by atoms with Crippen LogP contribution in [0.2, 0.25) is 0 Å². The van der Waals surface area contributed by atoms with E-state index in [4.69, 9.17) is 10.5 Å². The van der Waals surface area contributed by atoms with Crippen molar-refractivity contribution in [1.82, 2.24) is 4.98 Å². The summed E-state index contributed by atoms with van der Waals surface area (Å²) in [7, 11) is 0. The van der Waals surface area contributed by atoms with Gasteiger partial charge in [0.25, 0.3) is 0 Å². The Balaban J connectivity index is 2.23. The van der Waals surface area contributed by atoms with Gasteiger partial charge in [-0.1, -0.05) is 13.8 Å². The third-order valence-corrected chi connectivity index (χ3v) is 3.69. The molecule has 1 aliphatic heterocycles. The van der Waals surface area contributed by atoms with Crippen LogP contribution >= 0.6 is 11.3 Å². The van der Waals surface area contributed by atoms with Gasteiger partial charge < -0.3 is 10.5 Å². The smallest absolute Gasteiger partial charge is 0.110 e. The second-order valence-electron chi connectivity index (χ2n) is 3.99. The van der Waals surface area contributed by atoms with E-state index in [2.05, 4.69) is 18.8 Å². The van der Waals surface area contributed by atoms with Gasteiger partial charge in [0, 0.05) is 6.42 Å². The van der Waals surface area contributed by atoms with E-state index in [1.54, 1.807) is 11.3 Å². The summed E-state index contributed by atoms with van der Waals surface area (Å²) in [6.45, 7) is 5.77. The van der Waals surface area contributed by atoms with Gasteiger partial charge in [0.05, 0.1) is 29.8 Å². The second kappa shape index (κ2) is 3.96. The molecular weight excluding hydrogens is 196 g/mol. The third-order valence-electron chi connectivity index (χ3n) is 2.51. The quantitative estimate of drug-likeness (QED) is 0.814. The van der Waals surface area contributed by atoms with Crippen LogP contribution in [0.4, 0.5) is 0 Å². The minimum atomic E-state index is 0.0746. The van der Waals surface area contributed by atoms with Gasteiger partial charge in [0.1, 0.15) is 5.01 Å². The summed E-state index contributed by atoms with van der Waals surface area (Å²) in [5, 5.41) is 1.07. The van der Waals surface area contributed by atoms with E-state index in [1.807, 2.05) is 0 Å². The highest BCUT2D eigenvalue weighted by Crippen LogP contribution is 2.29. The largest absolute Gasteiger partial charge is 0.375 e. The van der Waals surface area contributed by atoms with E-state index in [9.17, 15) is 0 Å². The summed E-state index contributed by atoms with van der Waals surface area (Å²) >= 11 is 1.71. The summed E-state index contributed by atoms with van der Waals surface area (Å²) in [4.78, 5) is 5.85. The first-order chi connectivity index (χ1) is 6.68. The fraction of sp³-hybridized carbons (Fsp3) is 0.700. The highest BCUT2D eigenvalue weighted by Gasteiger charge is 2.20. The summed E-state index contributed by atoms with van der Waals surface area (Å²) in [6.07, 6.45) is 0.941. The van der Waals surface area contributed by atoms with E-state index in [1.165, 1.54) is 10.6 Å². The molecule has 0 spiro atoms. The van der Waals surface area contributed by atoms with Crippen LogP contribution in [0.5, 0.6) is 0 Å². The van der Waals surface area contributed by atoms with Crippen molar-refractivity contribution in [2.75, 3.05) is 6.61 Å². The molecule has 0 radical (unpaired) electrons. The number of hydrogen-bond acceptors (Lipinski definition) is 4. The molecule has 14 heavy (non-hydrogen) atoms. The molecule has 4 heteroatoms.